The summed E-state index contributed by atoms with van der Waals surface area (Å²) in [6.45, 7) is 0. The van der Waals surface area contributed by atoms with Crippen LogP contribution >= 0.6 is 12.4 Å². The van der Waals surface area contributed by atoms with E-state index in [4.69, 9.17) is 5.73 Å². The highest BCUT2D eigenvalue weighted by Gasteiger charge is 2.31. The van der Waals surface area contributed by atoms with Gasteiger partial charge >= 0.3 is 0 Å². The van der Waals surface area contributed by atoms with E-state index in [1.165, 1.54) is 6.07 Å². The SMILES string of the molecule is Cl.N[C@@H](c1cccc(O)c1O)C1CC1. The molecule has 0 bridgehead atoms. The van der Waals surface area contributed by atoms with Crippen LogP contribution in [0, 0.1) is 5.92 Å². The quantitative estimate of drug-likeness (QED) is 0.661. The molecule has 2 rings (SSSR count). The minimum atomic E-state index is -0.132. The maximum Gasteiger partial charge on any atom is 0.162 e. The van der Waals surface area contributed by atoms with Gasteiger partial charge in [-0.3, -0.25) is 0 Å². The van der Waals surface area contributed by atoms with Crippen molar-refractivity contribution >= 4 is 12.4 Å². The first-order valence-electron chi connectivity index (χ1n) is 4.46. The lowest BCUT2D eigenvalue weighted by Gasteiger charge is -2.12. The van der Waals surface area contributed by atoms with Crippen LogP contribution in [-0.2, 0) is 0 Å². The Kier molecular flexibility index (Phi) is 3.24. The Labute approximate surface area is 89.0 Å². The largest absolute Gasteiger partial charge is 0.504 e. The molecule has 0 aromatic heterocycles. The zero-order valence-electron chi connectivity index (χ0n) is 7.68. The molecule has 1 aromatic rings. The molecule has 4 heteroatoms. The van der Waals surface area contributed by atoms with Gasteiger partial charge in [-0.25, -0.2) is 0 Å². The number of hydrogen-bond acceptors (Lipinski definition) is 3. The summed E-state index contributed by atoms with van der Waals surface area (Å²) in [6, 6.07) is 4.79. The summed E-state index contributed by atoms with van der Waals surface area (Å²) < 4.78 is 0. The van der Waals surface area contributed by atoms with Crippen LogP contribution in [-0.4, -0.2) is 10.2 Å². The Morgan fingerprint density at radius 3 is 2.50 bits per heavy atom. The van der Waals surface area contributed by atoms with Crippen molar-refractivity contribution < 1.29 is 10.2 Å². The summed E-state index contributed by atoms with van der Waals surface area (Å²) in [7, 11) is 0. The van der Waals surface area contributed by atoms with Crippen LogP contribution in [0.1, 0.15) is 24.4 Å². The van der Waals surface area contributed by atoms with Crippen LogP contribution in [0.25, 0.3) is 0 Å². The lowest BCUT2D eigenvalue weighted by atomic mass is 10.0. The zero-order chi connectivity index (χ0) is 9.42. The third kappa shape index (κ3) is 1.94. The first-order chi connectivity index (χ1) is 6.20. The molecule has 0 amide bonds. The van der Waals surface area contributed by atoms with Gasteiger partial charge in [0.25, 0.3) is 0 Å². The molecule has 14 heavy (non-hydrogen) atoms. The summed E-state index contributed by atoms with van der Waals surface area (Å²) in [5.74, 6) is 0.322. The van der Waals surface area contributed by atoms with Crippen LogP contribution in [0.2, 0.25) is 0 Å². The van der Waals surface area contributed by atoms with E-state index >= 15 is 0 Å². The molecule has 1 aliphatic carbocycles. The normalized spacial score (nSPS) is 17.2. The molecule has 0 saturated heterocycles. The average Bonchev–Trinajstić information content (AvgIpc) is 2.91. The summed E-state index contributed by atoms with van der Waals surface area (Å²) >= 11 is 0. The van der Waals surface area contributed by atoms with Crippen molar-refractivity contribution in [1.29, 1.82) is 0 Å². The maximum absolute atomic E-state index is 9.51. The molecule has 1 atom stereocenters. The van der Waals surface area contributed by atoms with Crippen LogP contribution in [0.3, 0.4) is 0 Å². The van der Waals surface area contributed by atoms with Crippen molar-refractivity contribution in [3.8, 4) is 11.5 Å². The summed E-state index contributed by atoms with van der Waals surface area (Å²) in [5, 5.41) is 18.8. The Balaban J connectivity index is 0.000000980. The van der Waals surface area contributed by atoms with Gasteiger partial charge in [-0.15, -0.1) is 12.4 Å². The predicted molar refractivity (Wildman–Crippen MR) is 56.7 cm³/mol. The molecule has 1 aliphatic rings. The van der Waals surface area contributed by atoms with Crippen LogP contribution < -0.4 is 5.73 Å². The second-order valence-corrected chi connectivity index (χ2v) is 3.58. The van der Waals surface area contributed by atoms with E-state index in [0.717, 1.165) is 12.8 Å². The van der Waals surface area contributed by atoms with Gasteiger partial charge in [0, 0.05) is 11.6 Å². The number of benzene rings is 1. The first kappa shape index (κ1) is 11.1. The number of para-hydroxylation sites is 1. The van der Waals surface area contributed by atoms with Gasteiger partial charge in [0.05, 0.1) is 0 Å². The monoisotopic (exact) mass is 215 g/mol. The summed E-state index contributed by atoms with van der Waals surface area (Å²) in [4.78, 5) is 0. The maximum atomic E-state index is 9.51. The molecule has 0 radical (unpaired) electrons. The molecule has 0 spiro atoms. The molecule has 0 heterocycles. The predicted octanol–water partition coefficient (Wildman–Crippen LogP) is 1.93. The van der Waals surface area contributed by atoms with E-state index in [-0.39, 0.29) is 29.9 Å². The van der Waals surface area contributed by atoms with Crippen molar-refractivity contribution in [3.05, 3.63) is 23.8 Å². The van der Waals surface area contributed by atoms with Crippen LogP contribution in [0.4, 0.5) is 0 Å². The first-order valence-corrected chi connectivity index (χ1v) is 4.46. The topological polar surface area (TPSA) is 66.5 Å². The lowest BCUT2D eigenvalue weighted by Crippen LogP contribution is -2.12. The highest BCUT2D eigenvalue weighted by molar-refractivity contribution is 5.85. The lowest BCUT2D eigenvalue weighted by molar-refractivity contribution is 0.394. The van der Waals surface area contributed by atoms with Crippen LogP contribution in [0.15, 0.2) is 18.2 Å². The van der Waals surface area contributed by atoms with Gasteiger partial charge in [-0.05, 0) is 24.8 Å². The third-order valence-electron chi connectivity index (χ3n) is 2.53. The number of aromatic hydroxyl groups is 2. The number of phenolic OH excluding ortho intramolecular Hbond substituents is 2. The standard InChI is InChI=1S/C10H13NO2.ClH/c11-9(6-4-5-6)7-2-1-3-8(12)10(7)13;/h1-3,6,9,12-13H,4-5,11H2;1H/t9-;/m1./s1. The number of halogens is 1. The van der Waals surface area contributed by atoms with Gasteiger partial charge in [0.1, 0.15) is 0 Å². The van der Waals surface area contributed by atoms with Gasteiger partial charge in [-0.1, -0.05) is 12.1 Å². The molecular formula is C10H14ClNO2. The van der Waals surface area contributed by atoms with E-state index in [1.54, 1.807) is 12.1 Å². The van der Waals surface area contributed by atoms with E-state index in [0.29, 0.717) is 11.5 Å². The van der Waals surface area contributed by atoms with Crippen molar-refractivity contribution in [2.24, 2.45) is 11.7 Å². The summed E-state index contributed by atoms with van der Waals surface area (Å²) in [5.41, 5.74) is 6.55. The van der Waals surface area contributed by atoms with E-state index in [2.05, 4.69) is 0 Å². The van der Waals surface area contributed by atoms with Gasteiger partial charge in [0.15, 0.2) is 11.5 Å². The van der Waals surface area contributed by atoms with Gasteiger partial charge in [0.2, 0.25) is 0 Å². The second-order valence-electron chi connectivity index (χ2n) is 3.58. The zero-order valence-corrected chi connectivity index (χ0v) is 8.50. The minimum Gasteiger partial charge on any atom is -0.504 e. The van der Waals surface area contributed by atoms with Crippen molar-refractivity contribution in [2.75, 3.05) is 0 Å². The Morgan fingerprint density at radius 2 is 1.93 bits per heavy atom. The average molecular weight is 216 g/mol. The second kappa shape index (κ2) is 4.07. The molecule has 1 saturated carbocycles. The van der Waals surface area contributed by atoms with Gasteiger partial charge < -0.3 is 15.9 Å². The van der Waals surface area contributed by atoms with Crippen molar-refractivity contribution in [1.82, 2.24) is 0 Å². The third-order valence-corrected chi connectivity index (χ3v) is 2.53. The molecular weight excluding hydrogens is 202 g/mol. The van der Waals surface area contributed by atoms with Crippen molar-refractivity contribution in [2.45, 2.75) is 18.9 Å². The van der Waals surface area contributed by atoms with Crippen LogP contribution in [0.5, 0.6) is 11.5 Å². The molecule has 3 nitrogen and oxygen atoms in total. The molecule has 4 N–H and O–H groups in total. The van der Waals surface area contributed by atoms with Crippen molar-refractivity contribution in [3.63, 3.8) is 0 Å². The Morgan fingerprint density at radius 1 is 1.29 bits per heavy atom. The number of nitrogens with two attached hydrogens (primary N) is 1. The molecule has 1 fully saturated rings. The smallest absolute Gasteiger partial charge is 0.162 e. The molecule has 78 valence electrons. The highest BCUT2D eigenvalue weighted by atomic mass is 35.5. The fraction of sp³-hybridized carbons (Fsp3) is 0.400. The fourth-order valence-corrected chi connectivity index (χ4v) is 1.53. The van der Waals surface area contributed by atoms with E-state index < -0.39 is 0 Å². The van der Waals surface area contributed by atoms with Gasteiger partial charge in [-0.2, -0.15) is 0 Å². The Bertz CT molecular complexity index is 326. The molecule has 0 unspecified atom stereocenters. The molecule has 0 aliphatic heterocycles. The number of rotatable bonds is 2. The summed E-state index contributed by atoms with van der Waals surface area (Å²) in [6.07, 6.45) is 2.24. The number of phenols is 2. The highest BCUT2D eigenvalue weighted by Crippen LogP contribution is 2.43. The molecule has 1 aromatic carbocycles. The number of hydrogen-bond donors (Lipinski definition) is 3. The van der Waals surface area contributed by atoms with E-state index in [9.17, 15) is 10.2 Å². The fourth-order valence-electron chi connectivity index (χ4n) is 1.53. The Hall–Kier alpha value is -0.930. The van der Waals surface area contributed by atoms with E-state index in [1.807, 2.05) is 0 Å². The minimum absolute atomic E-state index is 0.